The highest BCUT2D eigenvalue weighted by Gasteiger charge is 2.07. The number of benzene rings is 2. The normalized spacial score (nSPS) is 11.2. The molecule has 2 heterocycles. The lowest BCUT2D eigenvalue weighted by molar-refractivity contribution is 1.23. The lowest BCUT2D eigenvalue weighted by Gasteiger charge is -2.06. The number of para-hydroxylation sites is 1. The Morgan fingerprint density at radius 1 is 1.00 bits per heavy atom. The van der Waals surface area contributed by atoms with Crippen LogP contribution in [0.1, 0.15) is 0 Å². The third-order valence-corrected chi connectivity index (χ3v) is 4.55. The van der Waals surface area contributed by atoms with Gasteiger partial charge in [-0.3, -0.25) is 4.98 Å². The lowest BCUT2D eigenvalue weighted by Crippen LogP contribution is -1.88. The van der Waals surface area contributed by atoms with Crippen molar-refractivity contribution in [3.63, 3.8) is 0 Å². The molecule has 0 saturated heterocycles. The first kappa shape index (κ1) is 12.3. The Bertz CT molecular complexity index is 910. The Balaban J connectivity index is 1.82. The first-order valence-electron chi connectivity index (χ1n) is 6.69. The fourth-order valence-corrected chi connectivity index (χ4v) is 3.49. The second-order valence-electron chi connectivity index (χ2n) is 4.90. The zero-order valence-electron chi connectivity index (χ0n) is 11.2. The van der Waals surface area contributed by atoms with E-state index in [9.17, 15) is 0 Å². The fraction of sp³-hybridized carbons (Fsp3) is 0. The van der Waals surface area contributed by atoms with Gasteiger partial charge in [-0.25, -0.2) is 0 Å². The maximum Gasteiger partial charge on any atom is 0.0781 e. The summed E-state index contributed by atoms with van der Waals surface area (Å²) >= 11 is 1.70. The summed E-state index contributed by atoms with van der Waals surface area (Å²) in [5, 5.41) is 4.47. The molecular formula is C17H13N3S. The van der Waals surface area contributed by atoms with Crippen molar-refractivity contribution < 1.29 is 0 Å². The van der Waals surface area contributed by atoms with E-state index < -0.39 is 0 Å². The minimum atomic E-state index is 0.786. The third-order valence-electron chi connectivity index (χ3n) is 3.54. The number of nitrogens with two attached hydrogens (primary N) is 1. The van der Waals surface area contributed by atoms with Crippen molar-refractivity contribution in [2.24, 2.45) is 0 Å². The van der Waals surface area contributed by atoms with Crippen LogP contribution in [0.5, 0.6) is 0 Å². The van der Waals surface area contributed by atoms with Crippen LogP contribution in [0, 0.1) is 0 Å². The number of aromatic nitrogens is 2. The highest BCUT2D eigenvalue weighted by atomic mass is 32.2. The van der Waals surface area contributed by atoms with Crippen molar-refractivity contribution in [1.29, 1.82) is 0 Å². The van der Waals surface area contributed by atoms with Gasteiger partial charge in [-0.2, -0.15) is 0 Å². The highest BCUT2D eigenvalue weighted by Crippen LogP contribution is 2.36. The van der Waals surface area contributed by atoms with E-state index in [1.54, 1.807) is 18.0 Å². The van der Waals surface area contributed by atoms with Crippen molar-refractivity contribution in [2.45, 2.75) is 9.92 Å². The number of nitrogens with one attached hydrogen (secondary N) is 1. The van der Waals surface area contributed by atoms with E-state index in [1.807, 2.05) is 30.5 Å². The van der Waals surface area contributed by atoms with E-state index in [0.29, 0.717) is 0 Å². The Kier molecular flexibility index (Phi) is 2.82. The number of pyridine rings is 1. The largest absolute Gasteiger partial charge is 0.398 e. The lowest BCUT2D eigenvalue weighted by atomic mass is 10.1. The highest BCUT2D eigenvalue weighted by molar-refractivity contribution is 7.99. The van der Waals surface area contributed by atoms with Gasteiger partial charge in [-0.05, 0) is 30.3 Å². The summed E-state index contributed by atoms with van der Waals surface area (Å²) in [5.41, 5.74) is 7.97. The van der Waals surface area contributed by atoms with Gasteiger partial charge >= 0.3 is 0 Å². The Hall–Kier alpha value is -2.46. The van der Waals surface area contributed by atoms with E-state index >= 15 is 0 Å². The van der Waals surface area contributed by atoms with Crippen LogP contribution in [0.25, 0.3) is 21.7 Å². The average molecular weight is 291 g/mol. The molecular weight excluding hydrogens is 278 g/mol. The summed E-state index contributed by atoms with van der Waals surface area (Å²) in [4.78, 5) is 8.81. The number of nitrogens with zero attached hydrogens (tertiary/aromatic N) is 1. The molecule has 3 nitrogen and oxygen atoms in total. The number of hydrogen-bond donors (Lipinski definition) is 2. The first-order valence-corrected chi connectivity index (χ1v) is 7.51. The predicted octanol–water partition coefficient (Wildman–Crippen LogP) is 4.45. The monoisotopic (exact) mass is 291 g/mol. The van der Waals surface area contributed by atoms with E-state index in [-0.39, 0.29) is 0 Å². The number of rotatable bonds is 2. The molecule has 0 unspecified atom stereocenters. The number of anilines is 1. The van der Waals surface area contributed by atoms with Crippen LogP contribution >= 0.6 is 11.8 Å². The number of fused-ring (bicyclic) bond motifs is 2. The van der Waals surface area contributed by atoms with Crippen LogP contribution in [0.3, 0.4) is 0 Å². The zero-order chi connectivity index (χ0) is 14.2. The van der Waals surface area contributed by atoms with Crippen molar-refractivity contribution in [1.82, 2.24) is 9.97 Å². The van der Waals surface area contributed by atoms with Gasteiger partial charge in [0, 0.05) is 44.7 Å². The molecule has 4 aromatic rings. The zero-order valence-corrected chi connectivity index (χ0v) is 12.0. The summed E-state index contributed by atoms with van der Waals surface area (Å²) in [6, 6.07) is 16.4. The first-order chi connectivity index (χ1) is 10.3. The molecule has 0 atom stereocenters. The molecule has 0 fully saturated rings. The number of H-pyrrole nitrogens is 1. The van der Waals surface area contributed by atoms with Gasteiger partial charge in [0.25, 0.3) is 0 Å². The van der Waals surface area contributed by atoms with Crippen molar-refractivity contribution in [2.75, 3.05) is 5.73 Å². The minimum absolute atomic E-state index is 0.786. The smallest absolute Gasteiger partial charge is 0.0781 e. The van der Waals surface area contributed by atoms with E-state index in [1.165, 1.54) is 5.39 Å². The summed E-state index contributed by atoms with van der Waals surface area (Å²) in [7, 11) is 0. The molecule has 0 aliphatic heterocycles. The molecule has 2 aromatic carbocycles. The standard InChI is InChI=1S/C17H13N3S/c18-14-5-6-16(13-10-19-8-7-12(13)14)21-17-9-11-3-1-2-4-15(11)20-17/h1-10,20H,18H2. The molecule has 0 radical (unpaired) electrons. The molecule has 4 heteroatoms. The van der Waals surface area contributed by atoms with Crippen molar-refractivity contribution >= 4 is 39.1 Å². The van der Waals surface area contributed by atoms with Crippen LogP contribution in [-0.2, 0) is 0 Å². The number of nitrogen functional groups attached to an aromatic ring is 1. The summed E-state index contributed by atoms with van der Waals surface area (Å²) < 4.78 is 0. The molecule has 2 aromatic heterocycles. The molecule has 0 aliphatic carbocycles. The molecule has 21 heavy (non-hydrogen) atoms. The molecule has 102 valence electrons. The van der Waals surface area contributed by atoms with Crippen LogP contribution in [-0.4, -0.2) is 9.97 Å². The quantitative estimate of drug-likeness (QED) is 0.536. The van der Waals surface area contributed by atoms with Crippen LogP contribution in [0.4, 0.5) is 5.69 Å². The van der Waals surface area contributed by atoms with Gasteiger partial charge < -0.3 is 10.7 Å². The maximum absolute atomic E-state index is 6.03. The molecule has 0 bridgehead atoms. The van der Waals surface area contributed by atoms with E-state index in [4.69, 9.17) is 5.73 Å². The minimum Gasteiger partial charge on any atom is -0.398 e. The van der Waals surface area contributed by atoms with Gasteiger partial charge in [0.1, 0.15) is 0 Å². The molecule has 0 aliphatic rings. The summed E-state index contributed by atoms with van der Waals surface area (Å²) in [5.74, 6) is 0. The van der Waals surface area contributed by atoms with E-state index in [0.717, 1.165) is 31.9 Å². The van der Waals surface area contributed by atoms with Crippen molar-refractivity contribution in [3.8, 4) is 0 Å². The van der Waals surface area contributed by atoms with Crippen molar-refractivity contribution in [3.05, 3.63) is 60.9 Å². The molecule has 0 spiro atoms. The molecule has 0 amide bonds. The van der Waals surface area contributed by atoms with E-state index in [2.05, 4.69) is 34.2 Å². The molecule has 4 rings (SSSR count). The Morgan fingerprint density at radius 2 is 1.90 bits per heavy atom. The predicted molar refractivity (Wildman–Crippen MR) is 88.6 cm³/mol. The molecule has 0 saturated carbocycles. The van der Waals surface area contributed by atoms with Gasteiger partial charge in [0.15, 0.2) is 0 Å². The second-order valence-corrected chi connectivity index (χ2v) is 5.98. The Morgan fingerprint density at radius 3 is 2.81 bits per heavy atom. The van der Waals surface area contributed by atoms with Gasteiger partial charge in [-0.15, -0.1) is 0 Å². The van der Waals surface area contributed by atoms with Crippen LogP contribution < -0.4 is 5.73 Å². The molecule has 3 N–H and O–H groups in total. The van der Waals surface area contributed by atoms with Gasteiger partial charge in [0.05, 0.1) is 5.03 Å². The van der Waals surface area contributed by atoms with Crippen LogP contribution in [0.2, 0.25) is 0 Å². The SMILES string of the molecule is Nc1ccc(Sc2cc3ccccc3[nH]2)c2cnccc12. The second kappa shape index (κ2) is 4.82. The summed E-state index contributed by atoms with van der Waals surface area (Å²) in [6.45, 7) is 0. The summed E-state index contributed by atoms with van der Waals surface area (Å²) in [6.07, 6.45) is 3.65. The fourth-order valence-electron chi connectivity index (χ4n) is 2.50. The third kappa shape index (κ3) is 2.14. The topological polar surface area (TPSA) is 54.7 Å². The average Bonchev–Trinajstić information content (AvgIpc) is 2.93. The van der Waals surface area contributed by atoms with Gasteiger partial charge in [-0.1, -0.05) is 30.0 Å². The Labute approximate surface area is 126 Å². The number of aromatic amines is 1. The number of hydrogen-bond acceptors (Lipinski definition) is 3. The van der Waals surface area contributed by atoms with Gasteiger partial charge in [0.2, 0.25) is 0 Å². The maximum atomic E-state index is 6.03. The van der Waals surface area contributed by atoms with Crippen LogP contribution in [0.15, 0.2) is 70.8 Å².